The first-order chi connectivity index (χ1) is 9.86. The van der Waals surface area contributed by atoms with Gasteiger partial charge in [-0.05, 0) is 19.1 Å². The summed E-state index contributed by atoms with van der Waals surface area (Å²) in [6, 6.07) is 1.74. The zero-order valence-electron chi connectivity index (χ0n) is 11.0. The number of fused-ring (bicyclic) bond motifs is 1. The van der Waals surface area contributed by atoms with Crippen LogP contribution in [0.5, 0.6) is 11.5 Å². The van der Waals surface area contributed by atoms with Crippen LogP contribution in [0, 0.1) is 0 Å². The highest BCUT2D eigenvalue weighted by Crippen LogP contribution is 2.42. The Morgan fingerprint density at radius 3 is 2.52 bits per heavy atom. The van der Waals surface area contributed by atoms with Gasteiger partial charge < -0.3 is 14.2 Å². The monoisotopic (exact) mass is 304 g/mol. The second kappa shape index (κ2) is 5.63. The third-order valence-electron chi connectivity index (χ3n) is 2.70. The molecule has 5 nitrogen and oxygen atoms in total. The minimum Gasteiger partial charge on any atom is -0.486 e. The molecule has 0 saturated heterocycles. The highest BCUT2D eigenvalue weighted by molar-refractivity contribution is 6.41. The van der Waals surface area contributed by atoms with Crippen molar-refractivity contribution in [2.45, 2.75) is 13.1 Å². The Labute approximate surface area is 117 Å². The van der Waals surface area contributed by atoms with Crippen molar-refractivity contribution in [1.82, 2.24) is 0 Å². The van der Waals surface area contributed by atoms with Crippen LogP contribution in [0.3, 0.4) is 0 Å². The Morgan fingerprint density at radius 2 is 1.90 bits per heavy atom. The number of Topliss-reactive ketones (excluding diaryl/α,β-unsaturated/α-hetero) is 1. The van der Waals surface area contributed by atoms with Gasteiger partial charge in [0.05, 0.1) is 17.7 Å². The molecule has 0 fully saturated rings. The molecular weight excluding hydrogens is 293 g/mol. The van der Waals surface area contributed by atoms with E-state index in [1.807, 2.05) is 0 Å². The molecule has 0 saturated carbocycles. The van der Waals surface area contributed by atoms with Crippen molar-refractivity contribution in [3.05, 3.63) is 23.3 Å². The summed E-state index contributed by atoms with van der Waals surface area (Å²) in [6.45, 7) is 1.44. The van der Waals surface area contributed by atoms with Crippen molar-refractivity contribution in [1.29, 1.82) is 0 Å². The number of benzene rings is 1. The molecular formula is C13H11F3O5. The SMILES string of the molecule is CCOC(=O)C(=O)c1c(C(F)(F)F)ccc2c1OCCO2. The van der Waals surface area contributed by atoms with Gasteiger partial charge in [-0.3, -0.25) is 4.79 Å². The van der Waals surface area contributed by atoms with Crippen LogP contribution in [0.1, 0.15) is 22.8 Å². The molecule has 1 aliphatic rings. The largest absolute Gasteiger partial charge is 0.486 e. The molecule has 114 valence electrons. The van der Waals surface area contributed by atoms with Crippen LogP contribution in [0.4, 0.5) is 13.2 Å². The van der Waals surface area contributed by atoms with Crippen molar-refractivity contribution in [3.8, 4) is 11.5 Å². The van der Waals surface area contributed by atoms with E-state index in [0.717, 1.165) is 6.07 Å². The highest BCUT2D eigenvalue weighted by Gasteiger charge is 2.40. The quantitative estimate of drug-likeness (QED) is 0.487. The first-order valence-electron chi connectivity index (χ1n) is 6.07. The fraction of sp³-hybridized carbons (Fsp3) is 0.385. The first-order valence-corrected chi connectivity index (χ1v) is 6.07. The Hall–Kier alpha value is -2.25. The number of halogens is 3. The van der Waals surface area contributed by atoms with E-state index >= 15 is 0 Å². The summed E-state index contributed by atoms with van der Waals surface area (Å²) in [7, 11) is 0. The van der Waals surface area contributed by atoms with E-state index < -0.39 is 29.1 Å². The molecule has 0 atom stereocenters. The number of carbonyl (C=O) groups excluding carboxylic acids is 2. The maximum atomic E-state index is 13.0. The number of alkyl halides is 3. The van der Waals surface area contributed by atoms with Gasteiger partial charge in [0.1, 0.15) is 13.2 Å². The van der Waals surface area contributed by atoms with Crippen molar-refractivity contribution in [2.75, 3.05) is 19.8 Å². The van der Waals surface area contributed by atoms with Gasteiger partial charge in [0.25, 0.3) is 5.78 Å². The Morgan fingerprint density at radius 1 is 1.24 bits per heavy atom. The van der Waals surface area contributed by atoms with Crippen LogP contribution in [-0.2, 0) is 15.7 Å². The van der Waals surface area contributed by atoms with Gasteiger partial charge in [-0.2, -0.15) is 13.2 Å². The zero-order chi connectivity index (χ0) is 15.6. The maximum Gasteiger partial charge on any atom is 0.417 e. The Bertz CT molecular complexity index is 580. The van der Waals surface area contributed by atoms with E-state index in [1.165, 1.54) is 6.92 Å². The van der Waals surface area contributed by atoms with Gasteiger partial charge in [-0.15, -0.1) is 0 Å². The lowest BCUT2D eigenvalue weighted by molar-refractivity contribution is -0.139. The van der Waals surface area contributed by atoms with E-state index in [2.05, 4.69) is 4.74 Å². The summed E-state index contributed by atoms with van der Waals surface area (Å²) < 4.78 is 53.8. The number of rotatable bonds is 3. The smallest absolute Gasteiger partial charge is 0.417 e. The number of esters is 1. The topological polar surface area (TPSA) is 61.8 Å². The summed E-state index contributed by atoms with van der Waals surface area (Å²) in [6.07, 6.45) is -4.81. The number of hydrogen-bond donors (Lipinski definition) is 0. The van der Waals surface area contributed by atoms with E-state index in [9.17, 15) is 22.8 Å². The molecule has 1 aromatic carbocycles. The van der Waals surface area contributed by atoms with Crippen molar-refractivity contribution < 1.29 is 37.0 Å². The fourth-order valence-electron chi connectivity index (χ4n) is 1.88. The van der Waals surface area contributed by atoms with E-state index in [0.29, 0.717) is 6.07 Å². The molecule has 0 bridgehead atoms. The molecule has 0 radical (unpaired) electrons. The van der Waals surface area contributed by atoms with Gasteiger partial charge in [-0.1, -0.05) is 0 Å². The van der Waals surface area contributed by atoms with E-state index in [-0.39, 0.29) is 31.3 Å². The lowest BCUT2D eigenvalue weighted by Crippen LogP contribution is -2.25. The van der Waals surface area contributed by atoms with Gasteiger partial charge in [0.2, 0.25) is 0 Å². The lowest BCUT2D eigenvalue weighted by Gasteiger charge is -2.22. The molecule has 8 heteroatoms. The number of hydrogen-bond acceptors (Lipinski definition) is 5. The predicted molar refractivity (Wildman–Crippen MR) is 63.4 cm³/mol. The van der Waals surface area contributed by atoms with Crippen molar-refractivity contribution in [3.63, 3.8) is 0 Å². The molecule has 21 heavy (non-hydrogen) atoms. The molecule has 0 N–H and O–H groups in total. The molecule has 0 aliphatic carbocycles. The second-order valence-electron chi connectivity index (χ2n) is 4.06. The van der Waals surface area contributed by atoms with Gasteiger partial charge in [-0.25, -0.2) is 4.79 Å². The molecule has 1 aliphatic heterocycles. The predicted octanol–water partition coefficient (Wildman–Crippen LogP) is 2.22. The standard InChI is InChI=1S/C13H11F3O5/c1-2-19-12(18)10(17)9-7(13(14,15)16)3-4-8-11(9)21-6-5-20-8/h3-4H,2,5-6H2,1H3. The molecule has 2 rings (SSSR count). The molecule has 0 spiro atoms. The van der Waals surface area contributed by atoms with Gasteiger partial charge in [0, 0.05) is 0 Å². The Balaban J connectivity index is 2.59. The molecule has 1 aromatic rings. The van der Waals surface area contributed by atoms with Crippen LogP contribution in [0.25, 0.3) is 0 Å². The molecule has 0 unspecified atom stereocenters. The summed E-state index contributed by atoms with van der Waals surface area (Å²) in [5, 5.41) is 0. The number of ether oxygens (including phenoxy) is 3. The van der Waals surface area contributed by atoms with Crippen LogP contribution >= 0.6 is 0 Å². The second-order valence-corrected chi connectivity index (χ2v) is 4.06. The highest BCUT2D eigenvalue weighted by atomic mass is 19.4. The summed E-state index contributed by atoms with van der Waals surface area (Å²) in [5.74, 6) is -3.17. The molecule has 0 amide bonds. The average molecular weight is 304 g/mol. The zero-order valence-corrected chi connectivity index (χ0v) is 11.0. The third-order valence-corrected chi connectivity index (χ3v) is 2.70. The fourth-order valence-corrected chi connectivity index (χ4v) is 1.88. The average Bonchev–Trinajstić information content (AvgIpc) is 2.44. The number of carbonyl (C=O) groups is 2. The molecule has 1 heterocycles. The summed E-state index contributed by atoms with van der Waals surface area (Å²) in [4.78, 5) is 23.4. The number of ketones is 1. The Kier molecular flexibility index (Phi) is 4.06. The van der Waals surface area contributed by atoms with Crippen LogP contribution < -0.4 is 9.47 Å². The summed E-state index contributed by atoms with van der Waals surface area (Å²) >= 11 is 0. The van der Waals surface area contributed by atoms with Gasteiger partial charge in [0.15, 0.2) is 11.5 Å². The van der Waals surface area contributed by atoms with Crippen LogP contribution in [0.2, 0.25) is 0 Å². The first kappa shape index (κ1) is 15.1. The lowest BCUT2D eigenvalue weighted by atomic mass is 10.0. The van der Waals surface area contributed by atoms with Crippen LogP contribution in [-0.4, -0.2) is 31.6 Å². The maximum absolute atomic E-state index is 13.0. The third kappa shape index (κ3) is 2.93. The van der Waals surface area contributed by atoms with Gasteiger partial charge >= 0.3 is 12.1 Å². The minimum absolute atomic E-state index is 0.0121. The van der Waals surface area contributed by atoms with Crippen LogP contribution in [0.15, 0.2) is 12.1 Å². The van der Waals surface area contributed by atoms with Crippen molar-refractivity contribution in [2.24, 2.45) is 0 Å². The van der Waals surface area contributed by atoms with Crippen molar-refractivity contribution >= 4 is 11.8 Å². The summed E-state index contributed by atoms with van der Waals surface area (Å²) in [5.41, 5.74) is -2.14. The van der Waals surface area contributed by atoms with E-state index in [4.69, 9.17) is 9.47 Å². The normalized spacial score (nSPS) is 13.7. The van der Waals surface area contributed by atoms with E-state index in [1.54, 1.807) is 0 Å². The molecule has 0 aromatic heterocycles. The minimum atomic E-state index is -4.81.